The molecule has 0 amide bonds. The maximum atomic E-state index is 11.4. The number of esters is 2. The van der Waals surface area contributed by atoms with Crippen LogP contribution in [0.2, 0.25) is 0 Å². The van der Waals surface area contributed by atoms with Gasteiger partial charge in [0.05, 0.1) is 19.8 Å². The molecule has 0 saturated carbocycles. The molecule has 92 valence electrons. The molecule has 0 saturated heterocycles. The Morgan fingerprint density at radius 1 is 0.875 bits per heavy atom. The lowest BCUT2D eigenvalue weighted by molar-refractivity contribution is -0.147. The highest BCUT2D eigenvalue weighted by Gasteiger charge is 2.26. The predicted octanol–water partition coefficient (Wildman–Crippen LogP) is 0.319. The van der Waals surface area contributed by atoms with Crippen molar-refractivity contribution in [2.24, 2.45) is 5.73 Å². The standard InChI is InChI=1S/C10H17NO5/c1-4-14-8(11)7(9(12)15-5-2)10(13)16-6-3/h4-6,11H2,1-3H3. The van der Waals surface area contributed by atoms with E-state index in [4.69, 9.17) is 10.5 Å². The molecule has 0 aromatic heterocycles. The van der Waals surface area contributed by atoms with Crippen LogP contribution in [0.25, 0.3) is 0 Å². The number of carbonyl (C=O) groups excluding carboxylic acids is 2. The van der Waals surface area contributed by atoms with Crippen molar-refractivity contribution in [3.63, 3.8) is 0 Å². The average molecular weight is 231 g/mol. The van der Waals surface area contributed by atoms with Gasteiger partial charge in [0, 0.05) is 0 Å². The first-order valence-corrected chi connectivity index (χ1v) is 5.05. The van der Waals surface area contributed by atoms with Gasteiger partial charge in [-0.25, -0.2) is 9.59 Å². The molecular formula is C10H17NO5. The summed E-state index contributed by atoms with van der Waals surface area (Å²) in [4.78, 5) is 22.9. The Morgan fingerprint density at radius 3 is 1.56 bits per heavy atom. The van der Waals surface area contributed by atoms with Gasteiger partial charge in [-0.05, 0) is 20.8 Å². The molecule has 0 fully saturated rings. The zero-order valence-electron chi connectivity index (χ0n) is 9.74. The topological polar surface area (TPSA) is 87.9 Å². The van der Waals surface area contributed by atoms with E-state index in [1.807, 2.05) is 0 Å². The summed E-state index contributed by atoms with van der Waals surface area (Å²) in [5, 5.41) is 0. The van der Waals surface area contributed by atoms with Gasteiger partial charge in [0.1, 0.15) is 0 Å². The highest BCUT2D eigenvalue weighted by Crippen LogP contribution is 2.07. The number of hydrogen-bond donors (Lipinski definition) is 1. The smallest absolute Gasteiger partial charge is 0.351 e. The molecule has 6 heteroatoms. The minimum Gasteiger partial charge on any atom is -0.479 e. The molecule has 2 N–H and O–H groups in total. The lowest BCUT2D eigenvalue weighted by Gasteiger charge is -2.10. The minimum absolute atomic E-state index is 0.140. The van der Waals surface area contributed by atoms with Crippen LogP contribution in [-0.2, 0) is 23.8 Å². The molecule has 0 aromatic rings. The van der Waals surface area contributed by atoms with Crippen molar-refractivity contribution in [1.29, 1.82) is 0 Å². The van der Waals surface area contributed by atoms with Crippen molar-refractivity contribution in [2.75, 3.05) is 19.8 Å². The van der Waals surface area contributed by atoms with E-state index in [2.05, 4.69) is 9.47 Å². The van der Waals surface area contributed by atoms with Gasteiger partial charge in [0.15, 0.2) is 0 Å². The van der Waals surface area contributed by atoms with Crippen molar-refractivity contribution >= 4 is 11.9 Å². The van der Waals surface area contributed by atoms with Crippen LogP contribution in [0.15, 0.2) is 11.5 Å². The molecule has 0 bridgehead atoms. The summed E-state index contributed by atoms with van der Waals surface area (Å²) in [7, 11) is 0. The second-order valence-electron chi connectivity index (χ2n) is 2.61. The minimum atomic E-state index is -0.841. The van der Waals surface area contributed by atoms with Crippen LogP contribution in [0.5, 0.6) is 0 Å². The Bertz CT molecular complexity index is 265. The van der Waals surface area contributed by atoms with Crippen LogP contribution in [-0.4, -0.2) is 31.8 Å². The first kappa shape index (κ1) is 14.3. The molecule has 0 aliphatic heterocycles. The quantitative estimate of drug-likeness (QED) is 0.233. The molecule has 0 spiro atoms. The van der Waals surface area contributed by atoms with Crippen LogP contribution < -0.4 is 5.73 Å². The molecule has 16 heavy (non-hydrogen) atoms. The number of carbonyl (C=O) groups is 2. The van der Waals surface area contributed by atoms with Gasteiger partial charge in [-0.3, -0.25) is 0 Å². The predicted molar refractivity (Wildman–Crippen MR) is 56.1 cm³/mol. The zero-order chi connectivity index (χ0) is 12.6. The number of ether oxygens (including phenoxy) is 3. The van der Waals surface area contributed by atoms with E-state index in [9.17, 15) is 9.59 Å². The van der Waals surface area contributed by atoms with Crippen LogP contribution in [0.4, 0.5) is 0 Å². The van der Waals surface area contributed by atoms with E-state index in [0.717, 1.165) is 0 Å². The third-order valence-corrected chi connectivity index (χ3v) is 1.51. The highest BCUT2D eigenvalue weighted by molar-refractivity contribution is 6.14. The van der Waals surface area contributed by atoms with Gasteiger partial charge < -0.3 is 19.9 Å². The van der Waals surface area contributed by atoms with Gasteiger partial charge in [0.25, 0.3) is 0 Å². The van der Waals surface area contributed by atoms with Crippen molar-refractivity contribution in [3.05, 3.63) is 11.5 Å². The van der Waals surface area contributed by atoms with Crippen LogP contribution in [0.3, 0.4) is 0 Å². The van der Waals surface area contributed by atoms with E-state index < -0.39 is 17.5 Å². The molecule has 0 aromatic carbocycles. The van der Waals surface area contributed by atoms with E-state index in [1.54, 1.807) is 20.8 Å². The lowest BCUT2D eigenvalue weighted by atomic mass is 10.3. The summed E-state index contributed by atoms with van der Waals surface area (Å²) in [5.74, 6) is -1.96. The molecule has 0 unspecified atom stereocenters. The van der Waals surface area contributed by atoms with E-state index in [0.29, 0.717) is 0 Å². The largest absolute Gasteiger partial charge is 0.479 e. The molecule has 0 rings (SSSR count). The van der Waals surface area contributed by atoms with Crippen molar-refractivity contribution in [3.8, 4) is 0 Å². The fraction of sp³-hybridized carbons (Fsp3) is 0.600. The van der Waals surface area contributed by atoms with Gasteiger partial charge in [-0.2, -0.15) is 0 Å². The molecule has 0 heterocycles. The molecular weight excluding hydrogens is 214 g/mol. The van der Waals surface area contributed by atoms with Crippen molar-refractivity contribution in [1.82, 2.24) is 0 Å². The molecule has 0 radical (unpaired) electrons. The Kier molecular flexibility index (Phi) is 6.74. The normalized spacial score (nSPS) is 9.19. The average Bonchev–Trinajstić information content (AvgIpc) is 2.19. The summed E-state index contributed by atoms with van der Waals surface area (Å²) < 4.78 is 14.3. The molecule has 0 atom stereocenters. The second-order valence-corrected chi connectivity index (χ2v) is 2.61. The fourth-order valence-electron chi connectivity index (χ4n) is 0.919. The second kappa shape index (κ2) is 7.56. The van der Waals surface area contributed by atoms with Crippen LogP contribution in [0, 0.1) is 0 Å². The summed E-state index contributed by atoms with van der Waals surface area (Å²) in [6, 6.07) is 0. The third kappa shape index (κ3) is 4.20. The van der Waals surface area contributed by atoms with Crippen LogP contribution in [0.1, 0.15) is 20.8 Å². The third-order valence-electron chi connectivity index (χ3n) is 1.51. The molecule has 0 aliphatic rings. The first-order chi connectivity index (χ1) is 7.58. The van der Waals surface area contributed by atoms with Crippen molar-refractivity contribution < 1.29 is 23.8 Å². The summed E-state index contributed by atoms with van der Waals surface area (Å²) >= 11 is 0. The lowest BCUT2D eigenvalue weighted by Crippen LogP contribution is -2.24. The van der Waals surface area contributed by atoms with Gasteiger partial charge >= 0.3 is 11.9 Å². The van der Waals surface area contributed by atoms with Gasteiger partial charge in [0.2, 0.25) is 11.5 Å². The Balaban J connectivity index is 4.96. The van der Waals surface area contributed by atoms with E-state index in [1.165, 1.54) is 0 Å². The van der Waals surface area contributed by atoms with Crippen LogP contribution >= 0.6 is 0 Å². The van der Waals surface area contributed by atoms with E-state index >= 15 is 0 Å². The summed E-state index contributed by atoms with van der Waals surface area (Å²) in [5.41, 5.74) is 5.05. The molecule has 0 aliphatic carbocycles. The Labute approximate surface area is 94.3 Å². The summed E-state index contributed by atoms with van der Waals surface area (Å²) in [6.07, 6.45) is 0. The number of hydrogen-bond acceptors (Lipinski definition) is 6. The number of nitrogens with two attached hydrogens (primary N) is 1. The maximum Gasteiger partial charge on any atom is 0.351 e. The Morgan fingerprint density at radius 2 is 1.25 bits per heavy atom. The van der Waals surface area contributed by atoms with Crippen molar-refractivity contribution in [2.45, 2.75) is 20.8 Å². The SMILES string of the molecule is CCOC(=O)C(C(=O)OCC)=C(N)OCC. The monoisotopic (exact) mass is 231 g/mol. The first-order valence-electron chi connectivity index (χ1n) is 5.05. The van der Waals surface area contributed by atoms with E-state index in [-0.39, 0.29) is 25.7 Å². The maximum absolute atomic E-state index is 11.4. The highest BCUT2D eigenvalue weighted by atomic mass is 16.6. The fourth-order valence-corrected chi connectivity index (χ4v) is 0.919. The van der Waals surface area contributed by atoms with Gasteiger partial charge in [-0.15, -0.1) is 0 Å². The zero-order valence-corrected chi connectivity index (χ0v) is 9.74. The number of rotatable bonds is 6. The van der Waals surface area contributed by atoms with Gasteiger partial charge in [-0.1, -0.05) is 0 Å². The molecule has 6 nitrogen and oxygen atoms in total. The summed E-state index contributed by atoms with van der Waals surface area (Å²) in [6.45, 7) is 5.45. The Hall–Kier alpha value is -1.72.